The van der Waals surface area contributed by atoms with Crippen molar-refractivity contribution in [2.45, 2.75) is 39.2 Å². The zero-order chi connectivity index (χ0) is 15.3. The number of hydrogen-bond donors (Lipinski definition) is 2. The third-order valence-electron chi connectivity index (χ3n) is 4.49. The summed E-state index contributed by atoms with van der Waals surface area (Å²) in [6.07, 6.45) is 3.78. The summed E-state index contributed by atoms with van der Waals surface area (Å²) in [5, 5.41) is 13.2. The Balaban J connectivity index is 2.11. The lowest BCUT2D eigenvalue weighted by atomic mass is 9.74. The Morgan fingerprint density at radius 1 is 1.33 bits per heavy atom. The predicted molar refractivity (Wildman–Crippen MR) is 84.0 cm³/mol. The molecule has 0 saturated carbocycles. The summed E-state index contributed by atoms with van der Waals surface area (Å²) in [6, 6.07) is 7.22. The third-order valence-corrected chi connectivity index (χ3v) is 4.49. The Morgan fingerprint density at radius 2 is 2.00 bits per heavy atom. The van der Waals surface area contributed by atoms with Gasteiger partial charge in [0.1, 0.15) is 5.75 Å². The number of nitrogens with zero attached hydrogens (tertiary/aromatic N) is 1. The van der Waals surface area contributed by atoms with E-state index in [-0.39, 0.29) is 17.1 Å². The summed E-state index contributed by atoms with van der Waals surface area (Å²) < 4.78 is 0. The maximum atomic E-state index is 12.9. The quantitative estimate of drug-likeness (QED) is 0.876. The molecule has 1 saturated heterocycles. The maximum Gasteiger partial charge on any atom is 0.228 e. The molecule has 0 unspecified atom stereocenters. The van der Waals surface area contributed by atoms with E-state index in [2.05, 4.69) is 12.2 Å². The minimum atomic E-state index is -0.223. The molecule has 1 aliphatic rings. The van der Waals surface area contributed by atoms with Crippen molar-refractivity contribution in [3.05, 3.63) is 29.8 Å². The molecule has 1 aromatic rings. The van der Waals surface area contributed by atoms with Gasteiger partial charge in [-0.25, -0.2) is 0 Å². The highest BCUT2D eigenvalue weighted by Crippen LogP contribution is 2.36. The first kappa shape index (κ1) is 15.8. The molecule has 0 spiro atoms. The molecule has 0 bridgehead atoms. The Bertz CT molecular complexity index is 476. The van der Waals surface area contributed by atoms with Crippen molar-refractivity contribution < 1.29 is 9.90 Å². The number of para-hydroxylation sites is 1. The number of rotatable bonds is 5. The average Bonchev–Trinajstić information content (AvgIpc) is 2.50. The van der Waals surface area contributed by atoms with Gasteiger partial charge in [0.15, 0.2) is 0 Å². The molecule has 0 aliphatic carbocycles. The lowest BCUT2D eigenvalue weighted by Gasteiger charge is -2.39. The van der Waals surface area contributed by atoms with Crippen molar-refractivity contribution in [1.82, 2.24) is 10.2 Å². The van der Waals surface area contributed by atoms with Crippen molar-refractivity contribution in [3.8, 4) is 5.75 Å². The molecular formula is C17H26N2O2. The van der Waals surface area contributed by atoms with Crippen LogP contribution in [-0.4, -0.2) is 36.1 Å². The molecule has 1 aromatic carbocycles. The van der Waals surface area contributed by atoms with Gasteiger partial charge in [-0.2, -0.15) is 0 Å². The second-order valence-electron chi connectivity index (χ2n) is 6.07. The molecule has 4 nitrogen and oxygen atoms in total. The van der Waals surface area contributed by atoms with Gasteiger partial charge < -0.3 is 15.3 Å². The van der Waals surface area contributed by atoms with Crippen molar-refractivity contribution in [3.63, 3.8) is 0 Å². The van der Waals surface area contributed by atoms with Gasteiger partial charge in [-0.1, -0.05) is 31.5 Å². The number of carbonyl (C=O) groups is 1. The highest BCUT2D eigenvalue weighted by molar-refractivity contribution is 5.82. The van der Waals surface area contributed by atoms with E-state index in [1.807, 2.05) is 19.2 Å². The van der Waals surface area contributed by atoms with Gasteiger partial charge in [0.05, 0.1) is 5.41 Å². The molecule has 116 valence electrons. The summed E-state index contributed by atoms with van der Waals surface area (Å²) in [5.41, 5.74) is 0.577. The third kappa shape index (κ3) is 3.56. The van der Waals surface area contributed by atoms with Crippen LogP contribution < -0.4 is 5.32 Å². The zero-order valence-electron chi connectivity index (χ0n) is 13.1. The van der Waals surface area contributed by atoms with E-state index >= 15 is 0 Å². The molecule has 1 aliphatic heterocycles. The standard InChI is InChI=1S/C17H26N2O2/c1-3-8-17(9-11-18-12-10-17)16(21)19(2)13-14-6-4-5-7-15(14)20/h4-7,18,20H,3,8-13H2,1-2H3. The number of nitrogens with one attached hydrogen (secondary N) is 1. The number of amides is 1. The number of piperidine rings is 1. The summed E-state index contributed by atoms with van der Waals surface area (Å²) in [4.78, 5) is 14.7. The topological polar surface area (TPSA) is 52.6 Å². The SMILES string of the molecule is CCCC1(C(=O)N(C)Cc2ccccc2O)CCNCC1. The Kier molecular flexibility index (Phi) is 5.23. The van der Waals surface area contributed by atoms with E-state index in [4.69, 9.17) is 0 Å². The van der Waals surface area contributed by atoms with Gasteiger partial charge in [-0.05, 0) is 38.4 Å². The van der Waals surface area contributed by atoms with Crippen LogP contribution >= 0.6 is 0 Å². The van der Waals surface area contributed by atoms with Gasteiger partial charge in [0.2, 0.25) is 5.91 Å². The maximum absolute atomic E-state index is 12.9. The minimum absolute atomic E-state index is 0.217. The van der Waals surface area contributed by atoms with Gasteiger partial charge in [-0.15, -0.1) is 0 Å². The Hall–Kier alpha value is -1.55. The largest absolute Gasteiger partial charge is 0.508 e. The van der Waals surface area contributed by atoms with E-state index in [1.165, 1.54) is 0 Å². The van der Waals surface area contributed by atoms with Gasteiger partial charge >= 0.3 is 0 Å². The summed E-state index contributed by atoms with van der Waals surface area (Å²) in [5.74, 6) is 0.473. The molecule has 1 fully saturated rings. The van der Waals surface area contributed by atoms with E-state index in [1.54, 1.807) is 17.0 Å². The fraction of sp³-hybridized carbons (Fsp3) is 0.588. The molecule has 2 N–H and O–H groups in total. The number of aromatic hydroxyl groups is 1. The first-order valence-corrected chi connectivity index (χ1v) is 7.82. The predicted octanol–water partition coefficient (Wildman–Crippen LogP) is 2.52. The van der Waals surface area contributed by atoms with E-state index in [9.17, 15) is 9.90 Å². The Morgan fingerprint density at radius 3 is 2.62 bits per heavy atom. The van der Waals surface area contributed by atoms with Gasteiger partial charge in [0, 0.05) is 19.2 Å². The van der Waals surface area contributed by atoms with Crippen molar-refractivity contribution in [1.29, 1.82) is 0 Å². The normalized spacial score (nSPS) is 17.4. The number of hydrogen-bond acceptors (Lipinski definition) is 3. The van der Waals surface area contributed by atoms with Crippen molar-refractivity contribution in [2.24, 2.45) is 5.41 Å². The number of phenolic OH excluding ortho intramolecular Hbond substituents is 1. The summed E-state index contributed by atoms with van der Waals surface area (Å²) in [6.45, 7) is 4.43. The molecule has 0 atom stereocenters. The van der Waals surface area contributed by atoms with Crippen LogP contribution in [0.1, 0.15) is 38.2 Å². The minimum Gasteiger partial charge on any atom is -0.508 e. The number of carbonyl (C=O) groups excluding carboxylic acids is 1. The highest BCUT2D eigenvalue weighted by atomic mass is 16.3. The lowest BCUT2D eigenvalue weighted by molar-refractivity contribution is -0.143. The van der Waals surface area contributed by atoms with Gasteiger partial charge in [-0.3, -0.25) is 4.79 Å². The van der Waals surface area contributed by atoms with Crippen LogP contribution in [0, 0.1) is 5.41 Å². The van der Waals surface area contributed by atoms with E-state index in [0.717, 1.165) is 44.3 Å². The van der Waals surface area contributed by atoms with Crippen LogP contribution in [0.3, 0.4) is 0 Å². The summed E-state index contributed by atoms with van der Waals surface area (Å²) in [7, 11) is 1.84. The fourth-order valence-corrected chi connectivity index (χ4v) is 3.33. The van der Waals surface area contributed by atoms with Crippen LogP contribution in [0.2, 0.25) is 0 Å². The monoisotopic (exact) mass is 290 g/mol. The molecule has 0 radical (unpaired) electrons. The molecular weight excluding hydrogens is 264 g/mol. The van der Waals surface area contributed by atoms with Crippen molar-refractivity contribution in [2.75, 3.05) is 20.1 Å². The average molecular weight is 290 g/mol. The fourth-order valence-electron chi connectivity index (χ4n) is 3.33. The molecule has 21 heavy (non-hydrogen) atoms. The second-order valence-corrected chi connectivity index (χ2v) is 6.07. The van der Waals surface area contributed by atoms with Crippen LogP contribution in [0.25, 0.3) is 0 Å². The van der Waals surface area contributed by atoms with Crippen LogP contribution in [0.4, 0.5) is 0 Å². The van der Waals surface area contributed by atoms with Crippen molar-refractivity contribution >= 4 is 5.91 Å². The first-order chi connectivity index (χ1) is 10.1. The highest BCUT2D eigenvalue weighted by Gasteiger charge is 2.40. The summed E-state index contributed by atoms with van der Waals surface area (Å²) >= 11 is 0. The Labute approximate surface area is 127 Å². The first-order valence-electron chi connectivity index (χ1n) is 7.82. The zero-order valence-corrected chi connectivity index (χ0v) is 13.1. The molecule has 0 aromatic heterocycles. The number of benzene rings is 1. The van der Waals surface area contributed by atoms with E-state index < -0.39 is 0 Å². The van der Waals surface area contributed by atoms with Crippen LogP contribution in [0.5, 0.6) is 5.75 Å². The molecule has 2 rings (SSSR count). The van der Waals surface area contributed by atoms with E-state index in [0.29, 0.717) is 6.54 Å². The molecule has 1 amide bonds. The van der Waals surface area contributed by atoms with Crippen LogP contribution in [0.15, 0.2) is 24.3 Å². The smallest absolute Gasteiger partial charge is 0.228 e. The van der Waals surface area contributed by atoms with Gasteiger partial charge in [0.25, 0.3) is 0 Å². The molecule has 4 heteroatoms. The number of phenols is 1. The lowest BCUT2D eigenvalue weighted by Crippen LogP contribution is -2.48. The van der Waals surface area contributed by atoms with Crippen LogP contribution in [-0.2, 0) is 11.3 Å². The molecule has 1 heterocycles. The second kappa shape index (κ2) is 6.94.